The van der Waals surface area contributed by atoms with Crippen molar-refractivity contribution in [1.82, 2.24) is 4.57 Å². The first kappa shape index (κ1) is 44.2. The van der Waals surface area contributed by atoms with E-state index in [9.17, 15) is 0 Å². The third-order valence-corrected chi connectivity index (χ3v) is 10.8. The minimum absolute atomic E-state index is 1.23. The van der Waals surface area contributed by atoms with Gasteiger partial charge in [0.1, 0.15) is 12.4 Å². The van der Waals surface area contributed by atoms with Gasteiger partial charge in [-0.3, -0.25) is 0 Å². The van der Waals surface area contributed by atoms with Crippen LogP contribution in [0.5, 0.6) is 0 Å². The first-order chi connectivity index (χ1) is 23.3. The van der Waals surface area contributed by atoms with E-state index in [1.165, 1.54) is 251 Å². The van der Waals surface area contributed by atoms with Crippen molar-refractivity contribution in [3.63, 3.8) is 0 Å². The number of hydrogen-bond acceptors (Lipinski definition) is 0. The van der Waals surface area contributed by atoms with Crippen LogP contribution in [0, 0.1) is 0 Å². The molecule has 0 atom stereocenters. The predicted molar refractivity (Wildman–Crippen MR) is 212 cm³/mol. The highest BCUT2D eigenvalue weighted by atomic mass is 15.1. The van der Waals surface area contributed by atoms with Crippen LogP contribution in [-0.4, -0.2) is 4.57 Å². The van der Waals surface area contributed by atoms with E-state index in [1.54, 1.807) is 5.82 Å². The summed E-state index contributed by atoms with van der Waals surface area (Å²) in [5.41, 5.74) is 0. The van der Waals surface area contributed by atoms with Crippen LogP contribution >= 0.6 is 0 Å². The molecule has 1 aromatic rings. The average molecular weight is 658 g/mol. The molecule has 0 saturated carbocycles. The van der Waals surface area contributed by atoms with E-state index in [2.05, 4.69) is 42.3 Å². The van der Waals surface area contributed by atoms with E-state index < -0.39 is 0 Å². The highest BCUT2D eigenvalue weighted by Crippen LogP contribution is 2.16. The normalized spacial score (nSPS) is 11.6. The van der Waals surface area contributed by atoms with Crippen LogP contribution in [0.2, 0.25) is 0 Å². The van der Waals surface area contributed by atoms with E-state index >= 15 is 0 Å². The summed E-state index contributed by atoms with van der Waals surface area (Å²) < 4.78 is 5.29. The van der Waals surface area contributed by atoms with Crippen LogP contribution in [-0.2, 0) is 19.5 Å². The third kappa shape index (κ3) is 28.7. The lowest BCUT2D eigenvalue weighted by molar-refractivity contribution is -0.704. The van der Waals surface area contributed by atoms with Crippen molar-refractivity contribution >= 4 is 0 Å². The molecule has 1 rings (SSSR count). The van der Waals surface area contributed by atoms with Crippen LogP contribution in [0.4, 0.5) is 0 Å². The fourth-order valence-electron chi connectivity index (χ4n) is 7.56. The first-order valence-electron chi connectivity index (χ1n) is 22.4. The van der Waals surface area contributed by atoms with Crippen LogP contribution < -0.4 is 4.57 Å². The molecule has 0 radical (unpaired) electrons. The molecule has 0 aliphatic carbocycles. The van der Waals surface area contributed by atoms with Crippen LogP contribution in [0.15, 0.2) is 12.4 Å². The maximum absolute atomic E-state index is 2.65. The number of unbranched alkanes of at least 4 members (excludes halogenated alkanes) is 33. The molecule has 0 aliphatic heterocycles. The Balaban J connectivity index is 2.28. The van der Waals surface area contributed by atoms with Gasteiger partial charge in [0.15, 0.2) is 0 Å². The van der Waals surface area contributed by atoms with Crippen molar-refractivity contribution in [2.75, 3.05) is 0 Å². The molecule has 0 unspecified atom stereocenters. The largest absolute Gasteiger partial charge is 0.256 e. The molecule has 0 fully saturated rings. The van der Waals surface area contributed by atoms with Gasteiger partial charge in [-0.1, -0.05) is 220 Å². The Labute approximate surface area is 298 Å². The number of imidazole rings is 1. The maximum atomic E-state index is 2.65. The minimum Gasteiger partial charge on any atom is -0.234 e. The van der Waals surface area contributed by atoms with Gasteiger partial charge in [-0.15, -0.1) is 0 Å². The summed E-state index contributed by atoms with van der Waals surface area (Å²) in [7, 11) is 0. The quantitative estimate of drug-likeness (QED) is 0.0492. The van der Waals surface area contributed by atoms with Gasteiger partial charge >= 0.3 is 0 Å². The van der Waals surface area contributed by atoms with Crippen LogP contribution in [0.25, 0.3) is 0 Å². The fraction of sp³-hybridized carbons (Fsp3) is 0.933. The number of nitrogens with zero attached hydrogens (tertiary/aromatic N) is 2. The fourth-order valence-corrected chi connectivity index (χ4v) is 7.56. The molecule has 0 spiro atoms. The summed E-state index contributed by atoms with van der Waals surface area (Å²) in [5, 5.41) is 0. The molecular formula is C45H89N2+. The molecule has 278 valence electrons. The molecule has 0 aromatic carbocycles. The summed E-state index contributed by atoms with van der Waals surface area (Å²) in [6.07, 6.45) is 57.8. The monoisotopic (exact) mass is 658 g/mol. The van der Waals surface area contributed by atoms with Crippen molar-refractivity contribution in [2.45, 2.75) is 271 Å². The Hall–Kier alpha value is -0.790. The predicted octanol–water partition coefficient (Wildman–Crippen LogP) is 15.4. The summed E-state index contributed by atoms with van der Waals surface area (Å²) in [6, 6.07) is 0. The van der Waals surface area contributed by atoms with Gasteiger partial charge in [0.05, 0.1) is 13.1 Å². The molecule has 0 saturated heterocycles. The lowest BCUT2D eigenvalue weighted by Gasteiger charge is -2.07. The third-order valence-electron chi connectivity index (χ3n) is 10.8. The summed E-state index contributed by atoms with van der Waals surface area (Å²) in [4.78, 5) is 0. The Morgan fingerprint density at radius 3 is 1.02 bits per heavy atom. The van der Waals surface area contributed by atoms with Crippen LogP contribution in [0.1, 0.15) is 258 Å². The molecular weight excluding hydrogens is 569 g/mol. The van der Waals surface area contributed by atoms with Gasteiger partial charge in [-0.2, -0.15) is 0 Å². The maximum Gasteiger partial charge on any atom is 0.256 e. The second-order valence-electron chi connectivity index (χ2n) is 15.5. The average Bonchev–Trinajstić information content (AvgIpc) is 3.47. The van der Waals surface area contributed by atoms with Crippen molar-refractivity contribution in [3.8, 4) is 0 Å². The smallest absolute Gasteiger partial charge is 0.234 e. The van der Waals surface area contributed by atoms with Gasteiger partial charge in [0, 0.05) is 6.42 Å². The Bertz CT molecular complexity index is 678. The standard InChI is InChI=1S/C45H89N2/c1-4-7-10-13-16-19-22-23-24-25-28-31-34-37-40-45-46(41-38-35-32-29-26-20-17-14-11-8-5-2)43-44-47(45)42-39-36-33-30-27-21-18-15-12-9-6-3/h43-44H,4-42H2,1-3H3/q+1. The zero-order valence-corrected chi connectivity index (χ0v) is 33.1. The van der Waals surface area contributed by atoms with E-state index in [0.717, 1.165) is 0 Å². The second-order valence-corrected chi connectivity index (χ2v) is 15.5. The SMILES string of the molecule is CCCCCCCCCCCCCCCCc1n(CCCCCCCCCCCCC)cc[n+]1CCCCCCCCCCCCC. The highest BCUT2D eigenvalue weighted by Gasteiger charge is 2.16. The summed E-state index contributed by atoms with van der Waals surface area (Å²) >= 11 is 0. The minimum atomic E-state index is 1.23. The van der Waals surface area contributed by atoms with Gasteiger partial charge in [0.25, 0.3) is 5.82 Å². The van der Waals surface area contributed by atoms with Crippen molar-refractivity contribution < 1.29 is 4.57 Å². The number of rotatable bonds is 39. The van der Waals surface area contributed by atoms with E-state index in [4.69, 9.17) is 0 Å². The zero-order chi connectivity index (χ0) is 33.7. The molecule has 0 aliphatic rings. The number of aromatic nitrogens is 2. The van der Waals surface area contributed by atoms with Crippen molar-refractivity contribution in [1.29, 1.82) is 0 Å². The summed E-state index contributed by atoms with van der Waals surface area (Å²) in [5.74, 6) is 1.63. The van der Waals surface area contributed by atoms with E-state index in [-0.39, 0.29) is 0 Å². The van der Waals surface area contributed by atoms with Gasteiger partial charge < -0.3 is 0 Å². The molecule has 47 heavy (non-hydrogen) atoms. The lowest BCUT2D eigenvalue weighted by Crippen LogP contribution is -2.37. The van der Waals surface area contributed by atoms with Gasteiger partial charge in [0.2, 0.25) is 0 Å². The molecule has 2 nitrogen and oxygen atoms in total. The number of hydrogen-bond donors (Lipinski definition) is 0. The Kier molecular flexibility index (Phi) is 34.3. The zero-order valence-electron chi connectivity index (χ0n) is 33.1. The molecule has 0 amide bonds. The van der Waals surface area contributed by atoms with Crippen molar-refractivity contribution in [3.05, 3.63) is 18.2 Å². The topological polar surface area (TPSA) is 8.81 Å². The lowest BCUT2D eigenvalue weighted by atomic mass is 10.0. The first-order valence-corrected chi connectivity index (χ1v) is 22.4. The van der Waals surface area contributed by atoms with E-state index in [0.29, 0.717) is 0 Å². The Morgan fingerprint density at radius 1 is 0.362 bits per heavy atom. The highest BCUT2D eigenvalue weighted by molar-refractivity contribution is 4.84. The molecule has 2 heteroatoms. The van der Waals surface area contributed by atoms with Crippen molar-refractivity contribution in [2.24, 2.45) is 0 Å². The molecule has 1 aromatic heterocycles. The molecule has 0 bridgehead atoms. The molecule has 1 heterocycles. The molecule has 0 N–H and O–H groups in total. The van der Waals surface area contributed by atoms with E-state index in [1.807, 2.05) is 0 Å². The van der Waals surface area contributed by atoms with Gasteiger partial charge in [-0.05, 0) is 32.1 Å². The number of aryl methyl sites for hydroxylation is 2. The van der Waals surface area contributed by atoms with Gasteiger partial charge in [-0.25, -0.2) is 9.13 Å². The summed E-state index contributed by atoms with van der Waals surface area (Å²) in [6.45, 7) is 9.41. The second kappa shape index (κ2) is 36.5. The Morgan fingerprint density at radius 2 is 0.660 bits per heavy atom. The van der Waals surface area contributed by atoms with Crippen LogP contribution in [0.3, 0.4) is 0 Å².